The molecule has 0 aliphatic rings. The van der Waals surface area contributed by atoms with Crippen LogP contribution in [0.5, 0.6) is 0 Å². The van der Waals surface area contributed by atoms with E-state index >= 15 is 0 Å². The fraction of sp³-hybridized carbons (Fsp3) is 0.533. The fourth-order valence-corrected chi connectivity index (χ4v) is 1.96. The number of para-hydroxylation sites is 1. The van der Waals surface area contributed by atoms with E-state index < -0.39 is 0 Å². The normalized spacial score (nSPS) is 10.8. The number of hydrogen-bond donors (Lipinski definition) is 1. The van der Waals surface area contributed by atoms with E-state index in [-0.39, 0.29) is 5.91 Å². The first kappa shape index (κ1) is 15.7. The molecule has 0 spiro atoms. The maximum atomic E-state index is 12.1. The number of methoxy groups -OCH3 is 1. The smallest absolute Gasteiger partial charge is 0.238 e. The molecule has 4 heteroatoms. The predicted molar refractivity (Wildman–Crippen MR) is 78.5 cm³/mol. The van der Waals surface area contributed by atoms with Crippen LogP contribution >= 0.6 is 0 Å². The SMILES string of the molecule is CCN(CCOC)CC(=O)Nc1c(C)cccc1C. The molecule has 1 amide bonds. The Morgan fingerprint density at radius 1 is 1.32 bits per heavy atom. The molecular formula is C15H24N2O2. The highest BCUT2D eigenvalue weighted by molar-refractivity contribution is 5.93. The van der Waals surface area contributed by atoms with Gasteiger partial charge in [0.15, 0.2) is 0 Å². The minimum atomic E-state index is 0.0235. The summed E-state index contributed by atoms with van der Waals surface area (Å²) < 4.78 is 5.04. The minimum Gasteiger partial charge on any atom is -0.383 e. The van der Waals surface area contributed by atoms with Crippen LogP contribution in [0, 0.1) is 13.8 Å². The second kappa shape index (κ2) is 7.92. The molecule has 1 rings (SSSR count). The molecule has 0 saturated heterocycles. The molecule has 0 aliphatic carbocycles. The van der Waals surface area contributed by atoms with Gasteiger partial charge in [0.05, 0.1) is 13.2 Å². The van der Waals surface area contributed by atoms with Crippen LogP contribution in [-0.2, 0) is 9.53 Å². The van der Waals surface area contributed by atoms with Crippen molar-refractivity contribution in [1.29, 1.82) is 0 Å². The number of carbonyl (C=O) groups is 1. The number of nitrogens with zero attached hydrogens (tertiary/aromatic N) is 1. The molecule has 0 heterocycles. The number of amides is 1. The van der Waals surface area contributed by atoms with Gasteiger partial charge in [-0.2, -0.15) is 0 Å². The number of ether oxygens (including phenoxy) is 1. The maximum Gasteiger partial charge on any atom is 0.238 e. The number of carbonyl (C=O) groups excluding carboxylic acids is 1. The third kappa shape index (κ3) is 5.01. The Bertz CT molecular complexity index is 398. The second-order valence-corrected chi connectivity index (χ2v) is 4.68. The number of benzene rings is 1. The van der Waals surface area contributed by atoms with Gasteiger partial charge in [0.2, 0.25) is 5.91 Å². The van der Waals surface area contributed by atoms with Gasteiger partial charge in [-0.3, -0.25) is 9.69 Å². The standard InChI is InChI=1S/C15H24N2O2/c1-5-17(9-10-19-4)11-14(18)16-15-12(2)7-6-8-13(15)3/h6-8H,5,9-11H2,1-4H3,(H,16,18). The average molecular weight is 264 g/mol. The Morgan fingerprint density at radius 3 is 2.47 bits per heavy atom. The largest absolute Gasteiger partial charge is 0.383 e. The molecule has 0 unspecified atom stereocenters. The van der Waals surface area contributed by atoms with Crippen molar-refractivity contribution in [2.24, 2.45) is 0 Å². The first-order valence-corrected chi connectivity index (χ1v) is 6.65. The van der Waals surface area contributed by atoms with Gasteiger partial charge < -0.3 is 10.1 Å². The van der Waals surface area contributed by atoms with Crippen molar-refractivity contribution < 1.29 is 9.53 Å². The van der Waals surface area contributed by atoms with Gasteiger partial charge in [-0.1, -0.05) is 25.1 Å². The summed E-state index contributed by atoms with van der Waals surface area (Å²) in [5.74, 6) is 0.0235. The number of rotatable bonds is 7. The number of likely N-dealkylation sites (N-methyl/N-ethyl adjacent to an activating group) is 1. The quantitative estimate of drug-likeness (QED) is 0.821. The van der Waals surface area contributed by atoms with E-state index in [4.69, 9.17) is 4.74 Å². The highest BCUT2D eigenvalue weighted by Crippen LogP contribution is 2.19. The lowest BCUT2D eigenvalue weighted by Crippen LogP contribution is -2.35. The third-order valence-corrected chi connectivity index (χ3v) is 3.17. The summed E-state index contributed by atoms with van der Waals surface area (Å²) >= 11 is 0. The van der Waals surface area contributed by atoms with Gasteiger partial charge >= 0.3 is 0 Å². The van der Waals surface area contributed by atoms with E-state index in [2.05, 4.69) is 10.2 Å². The van der Waals surface area contributed by atoms with Gasteiger partial charge in [0, 0.05) is 19.3 Å². The molecule has 0 atom stereocenters. The van der Waals surface area contributed by atoms with Gasteiger partial charge in [-0.15, -0.1) is 0 Å². The average Bonchev–Trinajstić information content (AvgIpc) is 2.39. The number of anilines is 1. The fourth-order valence-electron chi connectivity index (χ4n) is 1.96. The topological polar surface area (TPSA) is 41.6 Å². The minimum absolute atomic E-state index is 0.0235. The Balaban J connectivity index is 2.59. The van der Waals surface area contributed by atoms with Crippen LogP contribution in [0.25, 0.3) is 0 Å². The van der Waals surface area contributed by atoms with Crippen LogP contribution in [0.15, 0.2) is 18.2 Å². The lowest BCUT2D eigenvalue weighted by molar-refractivity contribution is -0.117. The van der Waals surface area contributed by atoms with Crippen LogP contribution in [0.3, 0.4) is 0 Å². The van der Waals surface area contributed by atoms with E-state index in [0.29, 0.717) is 13.2 Å². The lowest BCUT2D eigenvalue weighted by atomic mass is 10.1. The van der Waals surface area contributed by atoms with E-state index in [1.54, 1.807) is 7.11 Å². The molecule has 0 aromatic heterocycles. The van der Waals surface area contributed by atoms with Crippen LogP contribution in [0.4, 0.5) is 5.69 Å². The summed E-state index contributed by atoms with van der Waals surface area (Å²) in [5.41, 5.74) is 3.11. The van der Waals surface area contributed by atoms with Gasteiger partial charge in [0.1, 0.15) is 0 Å². The molecular weight excluding hydrogens is 240 g/mol. The zero-order chi connectivity index (χ0) is 14.3. The summed E-state index contributed by atoms with van der Waals surface area (Å²) in [6.07, 6.45) is 0. The van der Waals surface area contributed by atoms with Crippen LogP contribution < -0.4 is 5.32 Å². The Kier molecular flexibility index (Phi) is 6.53. The molecule has 106 valence electrons. The van der Waals surface area contributed by atoms with Crippen LogP contribution in [0.2, 0.25) is 0 Å². The van der Waals surface area contributed by atoms with Crippen molar-refractivity contribution in [3.05, 3.63) is 29.3 Å². The van der Waals surface area contributed by atoms with Crippen LogP contribution in [0.1, 0.15) is 18.1 Å². The zero-order valence-corrected chi connectivity index (χ0v) is 12.3. The summed E-state index contributed by atoms with van der Waals surface area (Å²) in [6, 6.07) is 6.01. The molecule has 0 fully saturated rings. The molecule has 0 radical (unpaired) electrons. The molecule has 0 bridgehead atoms. The second-order valence-electron chi connectivity index (χ2n) is 4.68. The molecule has 1 aromatic rings. The summed E-state index contributed by atoms with van der Waals surface area (Å²) in [7, 11) is 1.67. The molecule has 0 saturated carbocycles. The van der Waals surface area contributed by atoms with E-state index in [9.17, 15) is 4.79 Å². The highest BCUT2D eigenvalue weighted by Gasteiger charge is 2.11. The van der Waals surface area contributed by atoms with Gasteiger partial charge in [0.25, 0.3) is 0 Å². The zero-order valence-electron chi connectivity index (χ0n) is 12.3. The van der Waals surface area contributed by atoms with Crippen molar-refractivity contribution in [1.82, 2.24) is 4.90 Å². The summed E-state index contributed by atoms with van der Waals surface area (Å²) in [4.78, 5) is 14.1. The Hall–Kier alpha value is -1.39. The Morgan fingerprint density at radius 2 is 1.95 bits per heavy atom. The molecule has 1 N–H and O–H groups in total. The van der Waals surface area contributed by atoms with Crippen LogP contribution in [-0.4, -0.2) is 44.2 Å². The molecule has 19 heavy (non-hydrogen) atoms. The summed E-state index contributed by atoms with van der Waals surface area (Å²) in [5, 5.41) is 3.00. The van der Waals surface area contributed by atoms with Gasteiger partial charge in [-0.25, -0.2) is 0 Å². The van der Waals surface area contributed by atoms with Crippen molar-refractivity contribution >= 4 is 11.6 Å². The number of aryl methyl sites for hydroxylation is 2. The number of hydrogen-bond acceptors (Lipinski definition) is 3. The predicted octanol–water partition coefficient (Wildman–Crippen LogP) is 2.21. The Labute approximate surface area is 115 Å². The molecule has 0 aliphatic heterocycles. The van der Waals surface area contributed by atoms with E-state index in [1.807, 2.05) is 39.0 Å². The van der Waals surface area contributed by atoms with E-state index in [1.165, 1.54) is 0 Å². The lowest BCUT2D eigenvalue weighted by Gasteiger charge is -2.20. The first-order chi connectivity index (χ1) is 9.08. The monoisotopic (exact) mass is 264 g/mol. The maximum absolute atomic E-state index is 12.1. The van der Waals surface area contributed by atoms with Crippen molar-refractivity contribution in [2.75, 3.05) is 38.7 Å². The molecule has 4 nitrogen and oxygen atoms in total. The van der Waals surface area contributed by atoms with Crippen molar-refractivity contribution in [3.63, 3.8) is 0 Å². The first-order valence-electron chi connectivity index (χ1n) is 6.65. The number of nitrogens with one attached hydrogen (secondary N) is 1. The van der Waals surface area contributed by atoms with Crippen molar-refractivity contribution in [2.45, 2.75) is 20.8 Å². The highest BCUT2D eigenvalue weighted by atomic mass is 16.5. The van der Waals surface area contributed by atoms with Crippen molar-refractivity contribution in [3.8, 4) is 0 Å². The third-order valence-electron chi connectivity index (χ3n) is 3.17. The van der Waals surface area contributed by atoms with E-state index in [0.717, 1.165) is 29.9 Å². The van der Waals surface area contributed by atoms with Gasteiger partial charge in [-0.05, 0) is 31.5 Å². The summed E-state index contributed by atoms with van der Waals surface area (Å²) in [6.45, 7) is 8.70. The molecule has 1 aromatic carbocycles.